The number of anilines is 4. The van der Waals surface area contributed by atoms with Gasteiger partial charge in [0.05, 0.1) is 44.5 Å². The van der Waals surface area contributed by atoms with Gasteiger partial charge in [-0.05, 0) is 96.8 Å². The van der Waals surface area contributed by atoms with Crippen molar-refractivity contribution in [3.8, 4) is 0 Å². The maximum absolute atomic E-state index is 5.10. The van der Waals surface area contributed by atoms with Crippen LogP contribution in [-0.2, 0) is 0 Å². The van der Waals surface area contributed by atoms with Crippen LogP contribution in [0.15, 0.2) is 46.4 Å². The summed E-state index contributed by atoms with van der Waals surface area (Å²) in [4.78, 5) is 20.4. The van der Waals surface area contributed by atoms with Crippen molar-refractivity contribution < 1.29 is 0 Å². The summed E-state index contributed by atoms with van der Waals surface area (Å²) in [7, 11) is 0. The van der Waals surface area contributed by atoms with E-state index in [1.807, 2.05) is 26.0 Å². The number of fused-ring (bicyclic) bond motifs is 9. The fourth-order valence-corrected chi connectivity index (χ4v) is 4.95. The minimum Gasteiger partial charge on any atom is -0.350 e. The fourth-order valence-electron chi connectivity index (χ4n) is 4.95. The van der Waals surface area contributed by atoms with Crippen LogP contribution in [0.3, 0.4) is 0 Å². The molecule has 2 N–H and O–H groups in total. The van der Waals surface area contributed by atoms with E-state index in [1.165, 1.54) is 11.1 Å². The van der Waals surface area contributed by atoms with Crippen molar-refractivity contribution >= 4 is 69.3 Å². The number of nitrogens with zero attached hydrogens (tertiary/aromatic N) is 4. The molecule has 0 radical (unpaired) electrons. The van der Waals surface area contributed by atoms with Crippen molar-refractivity contribution in [3.05, 3.63) is 79.8 Å². The van der Waals surface area contributed by atoms with Crippen molar-refractivity contribution in [2.75, 3.05) is 10.6 Å². The van der Waals surface area contributed by atoms with Gasteiger partial charge in [0.2, 0.25) is 0 Å². The topological polar surface area (TPSA) is 74.6 Å². The number of aryl methyl sites for hydroxylation is 4. The highest BCUT2D eigenvalue weighted by atomic mass is 15.1. The monoisotopic (exact) mass is 468 g/mol. The van der Waals surface area contributed by atoms with Crippen molar-refractivity contribution in [2.24, 2.45) is 9.98 Å². The quantitative estimate of drug-likeness (QED) is 0.312. The van der Waals surface area contributed by atoms with Crippen LogP contribution in [-0.4, -0.2) is 9.97 Å². The molecule has 0 spiro atoms. The second kappa shape index (κ2) is 6.98. The zero-order valence-corrected chi connectivity index (χ0v) is 20.7. The zero-order valence-electron chi connectivity index (χ0n) is 20.7. The second-order valence-electron chi connectivity index (χ2n) is 9.86. The van der Waals surface area contributed by atoms with Crippen LogP contribution < -0.4 is 31.8 Å². The van der Waals surface area contributed by atoms with Crippen LogP contribution in [0.25, 0.3) is 35.2 Å². The lowest BCUT2D eigenvalue weighted by Gasteiger charge is -2.24. The van der Waals surface area contributed by atoms with Crippen LogP contribution in [0.1, 0.15) is 22.3 Å². The van der Waals surface area contributed by atoms with Gasteiger partial charge in [-0.2, -0.15) is 0 Å². The molecule has 5 aromatic rings. The Kier molecular flexibility index (Phi) is 4.03. The number of aromatic nitrogens is 2. The number of rotatable bonds is 0. The predicted molar refractivity (Wildman–Crippen MR) is 147 cm³/mol. The molecule has 1 aromatic heterocycles. The number of hydrogen-bond acceptors (Lipinski definition) is 6. The van der Waals surface area contributed by atoms with E-state index >= 15 is 0 Å². The maximum Gasteiger partial charge on any atom is 0.120 e. The molecule has 0 amide bonds. The largest absolute Gasteiger partial charge is 0.350 e. The van der Waals surface area contributed by atoms with E-state index in [0.717, 1.165) is 88.5 Å². The highest BCUT2D eigenvalue weighted by Crippen LogP contribution is 2.50. The molecule has 6 nitrogen and oxygen atoms in total. The number of benzene rings is 4. The minimum absolute atomic E-state index is 0.738. The summed E-state index contributed by atoms with van der Waals surface area (Å²) in [6, 6.07) is 12.4. The average molecular weight is 469 g/mol. The van der Waals surface area contributed by atoms with Gasteiger partial charge >= 0.3 is 0 Å². The van der Waals surface area contributed by atoms with Gasteiger partial charge in [0, 0.05) is 0 Å². The first kappa shape index (κ1) is 20.8. The minimum atomic E-state index is 0.738. The van der Waals surface area contributed by atoms with E-state index in [0.29, 0.717) is 0 Å². The van der Waals surface area contributed by atoms with Gasteiger partial charge in [0.1, 0.15) is 22.4 Å². The van der Waals surface area contributed by atoms with Crippen LogP contribution in [0, 0.1) is 27.7 Å². The van der Waals surface area contributed by atoms with E-state index in [2.05, 4.69) is 61.9 Å². The smallest absolute Gasteiger partial charge is 0.120 e. The first-order valence-corrected chi connectivity index (χ1v) is 12.0. The maximum atomic E-state index is 5.10. The summed E-state index contributed by atoms with van der Waals surface area (Å²) in [5, 5.41) is 10.9. The second-order valence-corrected chi connectivity index (χ2v) is 9.86. The van der Waals surface area contributed by atoms with Crippen LogP contribution >= 0.6 is 0 Å². The Hall–Kier alpha value is -4.58. The van der Waals surface area contributed by atoms with Gasteiger partial charge in [-0.25, -0.2) is 20.0 Å². The summed E-state index contributed by atoms with van der Waals surface area (Å²) in [6.45, 7) is 16.6. The van der Waals surface area contributed by atoms with E-state index in [-0.39, 0.29) is 0 Å². The molecule has 3 heterocycles. The van der Waals surface area contributed by atoms with E-state index in [9.17, 15) is 0 Å². The Bertz CT molecular complexity index is 2080. The van der Waals surface area contributed by atoms with Gasteiger partial charge < -0.3 is 10.6 Å². The molecule has 2 aliphatic heterocycles. The normalized spacial score (nSPS) is 13.0. The lowest BCUT2D eigenvalue weighted by Crippen LogP contribution is -2.22. The third-order valence-electron chi connectivity index (χ3n) is 7.34. The molecule has 7 rings (SSSR count). The number of hydrogen-bond donors (Lipinski definition) is 2. The lowest BCUT2D eigenvalue weighted by atomic mass is 10.0. The molecule has 4 aromatic carbocycles. The Balaban J connectivity index is 1.67. The summed E-state index contributed by atoms with van der Waals surface area (Å²) < 4.78 is 0. The summed E-state index contributed by atoms with van der Waals surface area (Å²) in [5.74, 6) is 0. The van der Waals surface area contributed by atoms with E-state index in [4.69, 9.17) is 20.0 Å². The Labute approximate surface area is 207 Å². The first-order valence-electron chi connectivity index (χ1n) is 12.0. The molecular formula is C30H24N6. The van der Waals surface area contributed by atoms with Crippen molar-refractivity contribution in [1.29, 1.82) is 0 Å². The Morgan fingerprint density at radius 1 is 0.556 bits per heavy atom. The fraction of sp³-hybridized carbons (Fsp3) is 0.133. The van der Waals surface area contributed by atoms with Crippen molar-refractivity contribution in [3.63, 3.8) is 0 Å². The van der Waals surface area contributed by atoms with Crippen LogP contribution in [0.5, 0.6) is 0 Å². The van der Waals surface area contributed by atoms with Crippen molar-refractivity contribution in [1.82, 2.24) is 9.97 Å². The molecule has 36 heavy (non-hydrogen) atoms. The van der Waals surface area contributed by atoms with E-state index < -0.39 is 0 Å². The molecule has 174 valence electrons. The molecule has 0 aliphatic carbocycles. The van der Waals surface area contributed by atoms with E-state index in [1.54, 1.807) is 0 Å². The number of nitrogens with one attached hydrogen (secondary N) is 2. The predicted octanol–water partition coefficient (Wildman–Crippen LogP) is 4.85. The third kappa shape index (κ3) is 2.84. The van der Waals surface area contributed by atoms with Crippen LogP contribution in [0.4, 0.5) is 34.1 Å². The summed E-state index contributed by atoms with van der Waals surface area (Å²) in [5.41, 5.74) is 12.7. The molecule has 2 aliphatic rings. The SMILES string of the molecule is C=c1cc2c(cc1C)=Nc1c(c3c(c4nc5cc(C)c(C)cc5nc14)Nc1cc(=C)c(C)cc1=N3)N2. The molecule has 0 saturated heterocycles. The van der Waals surface area contributed by atoms with Gasteiger partial charge in [0.15, 0.2) is 0 Å². The standard InChI is InChI=1S/C30H24N6/c1-13-7-19-20(8-14(13)2)32-26-25(31-19)27-29(35-22-10-16(4)15(3)9-21(22)33-27)30-28(26)34-23-11-17(5)18(6)12-24(23)36-30/h7-12,31,35H,1,4H2,2-3,5-6H3. The molecule has 0 atom stereocenters. The first-order chi connectivity index (χ1) is 17.3. The molecule has 6 heteroatoms. The molecular weight excluding hydrogens is 444 g/mol. The Morgan fingerprint density at radius 2 is 1.06 bits per heavy atom. The molecule has 0 unspecified atom stereocenters. The summed E-state index contributed by atoms with van der Waals surface area (Å²) in [6.07, 6.45) is 0. The highest BCUT2D eigenvalue weighted by molar-refractivity contribution is 6.13. The van der Waals surface area contributed by atoms with Gasteiger partial charge in [0.25, 0.3) is 0 Å². The lowest BCUT2D eigenvalue weighted by molar-refractivity contribution is 1.21. The average Bonchev–Trinajstić information content (AvgIpc) is 2.84. The molecule has 0 bridgehead atoms. The van der Waals surface area contributed by atoms with Gasteiger partial charge in [-0.3, -0.25) is 0 Å². The van der Waals surface area contributed by atoms with Crippen LogP contribution in [0.2, 0.25) is 0 Å². The Morgan fingerprint density at radius 3 is 1.64 bits per heavy atom. The highest BCUT2D eigenvalue weighted by Gasteiger charge is 2.27. The van der Waals surface area contributed by atoms with Crippen molar-refractivity contribution in [2.45, 2.75) is 27.7 Å². The van der Waals surface area contributed by atoms with Gasteiger partial charge in [-0.15, -0.1) is 0 Å². The third-order valence-corrected chi connectivity index (χ3v) is 7.34. The molecule has 0 fully saturated rings. The van der Waals surface area contributed by atoms with Gasteiger partial charge in [-0.1, -0.05) is 13.2 Å². The zero-order chi connectivity index (χ0) is 24.9. The molecule has 0 saturated carbocycles. The summed E-state index contributed by atoms with van der Waals surface area (Å²) >= 11 is 0.